The third-order valence-corrected chi connectivity index (χ3v) is 6.51. The van der Waals surface area contributed by atoms with Crippen LogP contribution in [0.2, 0.25) is 0 Å². The van der Waals surface area contributed by atoms with E-state index >= 15 is 0 Å². The van der Waals surface area contributed by atoms with E-state index in [1.807, 2.05) is 47.5 Å². The number of aromatic nitrogens is 1. The lowest BCUT2D eigenvalue weighted by Crippen LogP contribution is -2.35. The molecular weight excluding hydrogens is 452 g/mol. The van der Waals surface area contributed by atoms with Crippen LogP contribution in [0.15, 0.2) is 47.9 Å². The second-order valence-corrected chi connectivity index (χ2v) is 8.84. The highest BCUT2D eigenvalue weighted by atomic mass is 32.1. The molecule has 0 saturated heterocycles. The molecule has 0 bridgehead atoms. The maximum absolute atomic E-state index is 13.3. The molecule has 0 spiro atoms. The van der Waals surface area contributed by atoms with Crippen molar-refractivity contribution in [3.8, 4) is 23.0 Å². The van der Waals surface area contributed by atoms with Crippen molar-refractivity contribution >= 4 is 22.8 Å². The van der Waals surface area contributed by atoms with Gasteiger partial charge in [-0.05, 0) is 31.1 Å². The monoisotopic (exact) mass is 480 g/mol. The van der Waals surface area contributed by atoms with Crippen molar-refractivity contribution in [3.05, 3.63) is 69.7 Å². The smallest absolute Gasteiger partial charge is 0.257 e. The van der Waals surface area contributed by atoms with E-state index in [2.05, 4.69) is 11.1 Å². The van der Waals surface area contributed by atoms with E-state index in [1.165, 1.54) is 0 Å². The maximum atomic E-state index is 13.3. The predicted molar refractivity (Wildman–Crippen MR) is 132 cm³/mol. The number of hydrogen-bond donors (Lipinski definition) is 0. The summed E-state index contributed by atoms with van der Waals surface area (Å²) in [6, 6.07) is 11.0. The molecular formula is C26H28N2O5S. The number of methoxy groups -OCH3 is 3. The van der Waals surface area contributed by atoms with Crippen LogP contribution in [0.25, 0.3) is 5.57 Å². The fourth-order valence-corrected chi connectivity index (χ4v) is 4.57. The van der Waals surface area contributed by atoms with Gasteiger partial charge in [0.05, 0.1) is 43.2 Å². The zero-order valence-corrected chi connectivity index (χ0v) is 20.6. The van der Waals surface area contributed by atoms with Crippen LogP contribution in [0.3, 0.4) is 0 Å². The summed E-state index contributed by atoms with van der Waals surface area (Å²) in [5, 5.41) is 2.96. The number of amides is 1. The molecule has 34 heavy (non-hydrogen) atoms. The van der Waals surface area contributed by atoms with Crippen LogP contribution >= 0.6 is 11.3 Å². The molecule has 178 valence electrons. The van der Waals surface area contributed by atoms with Gasteiger partial charge in [0.2, 0.25) is 0 Å². The van der Waals surface area contributed by atoms with Gasteiger partial charge < -0.3 is 23.8 Å². The van der Waals surface area contributed by atoms with Crippen molar-refractivity contribution in [1.29, 1.82) is 0 Å². The van der Waals surface area contributed by atoms with Gasteiger partial charge in [0.1, 0.15) is 29.6 Å². The lowest BCUT2D eigenvalue weighted by Gasteiger charge is -2.28. The summed E-state index contributed by atoms with van der Waals surface area (Å²) in [4.78, 5) is 19.6. The molecule has 0 fully saturated rings. The molecule has 3 aromatic rings. The topological polar surface area (TPSA) is 70.1 Å². The zero-order valence-electron chi connectivity index (χ0n) is 19.8. The normalized spacial score (nSPS) is 13.3. The Kier molecular flexibility index (Phi) is 7.37. The Morgan fingerprint density at radius 1 is 1.06 bits per heavy atom. The number of ether oxygens (including phenoxy) is 4. The van der Waals surface area contributed by atoms with Gasteiger partial charge in [0.15, 0.2) is 0 Å². The van der Waals surface area contributed by atoms with Crippen molar-refractivity contribution in [2.75, 3.05) is 34.4 Å². The number of benzene rings is 2. The minimum atomic E-state index is -0.0611. The van der Waals surface area contributed by atoms with Crippen molar-refractivity contribution in [2.45, 2.75) is 20.0 Å². The first-order valence-corrected chi connectivity index (χ1v) is 11.8. The summed E-state index contributed by atoms with van der Waals surface area (Å²) >= 11 is 1.58. The molecule has 1 aliphatic heterocycles. The second-order valence-electron chi connectivity index (χ2n) is 7.78. The molecule has 0 aliphatic carbocycles. The zero-order chi connectivity index (χ0) is 24.1. The average molecular weight is 481 g/mol. The Labute approximate surface area is 203 Å². The fraction of sp³-hybridized carbons (Fsp3) is 0.308. The van der Waals surface area contributed by atoms with E-state index in [9.17, 15) is 4.79 Å². The number of rotatable bonds is 8. The van der Waals surface area contributed by atoms with Crippen LogP contribution in [0, 0.1) is 6.92 Å². The Morgan fingerprint density at radius 2 is 1.79 bits per heavy atom. The summed E-state index contributed by atoms with van der Waals surface area (Å²) in [5.41, 5.74) is 3.37. The first-order chi connectivity index (χ1) is 16.5. The van der Waals surface area contributed by atoms with E-state index < -0.39 is 0 Å². The minimum absolute atomic E-state index is 0.0611. The highest BCUT2D eigenvalue weighted by Crippen LogP contribution is 2.41. The van der Waals surface area contributed by atoms with Crippen molar-refractivity contribution < 1.29 is 23.7 Å². The number of hydrogen-bond acceptors (Lipinski definition) is 7. The van der Waals surface area contributed by atoms with Crippen LogP contribution in [0.4, 0.5) is 0 Å². The Hall–Kier alpha value is -3.52. The predicted octanol–water partition coefficient (Wildman–Crippen LogP) is 4.99. The third kappa shape index (κ3) is 5.02. The Bertz CT molecular complexity index is 1180. The molecule has 0 radical (unpaired) electrons. The summed E-state index contributed by atoms with van der Waals surface area (Å²) in [7, 11) is 4.86. The van der Waals surface area contributed by atoms with Gasteiger partial charge >= 0.3 is 0 Å². The highest BCUT2D eigenvalue weighted by molar-refractivity contribution is 7.09. The van der Waals surface area contributed by atoms with Crippen LogP contribution in [0.1, 0.15) is 33.0 Å². The number of para-hydroxylation sites is 1. The van der Waals surface area contributed by atoms with Gasteiger partial charge in [-0.25, -0.2) is 4.98 Å². The van der Waals surface area contributed by atoms with Gasteiger partial charge in [-0.2, -0.15) is 0 Å². The van der Waals surface area contributed by atoms with Crippen molar-refractivity contribution in [1.82, 2.24) is 9.88 Å². The van der Waals surface area contributed by atoms with E-state index in [4.69, 9.17) is 18.9 Å². The number of carbonyl (C=O) groups is 1. The standard InChI is InChI=1S/C26H28N2O5S/c1-17-27-19(16-34-17)15-33-22-8-6-5-7-21(22)26(29)28-11-9-18(10-12-28)25-23(31-3)13-20(30-2)14-24(25)32-4/h5-9,13-14,16H,10-12,15H2,1-4H3. The number of aryl methyl sites for hydroxylation is 1. The van der Waals surface area contributed by atoms with Gasteiger partial charge in [-0.3, -0.25) is 4.79 Å². The van der Waals surface area contributed by atoms with E-state index in [1.54, 1.807) is 38.7 Å². The van der Waals surface area contributed by atoms with Crippen molar-refractivity contribution in [2.24, 2.45) is 0 Å². The van der Waals surface area contributed by atoms with Gasteiger partial charge in [0, 0.05) is 30.6 Å². The van der Waals surface area contributed by atoms with Crippen LogP contribution in [-0.2, 0) is 6.61 Å². The Balaban J connectivity index is 1.52. The molecule has 7 nitrogen and oxygen atoms in total. The second kappa shape index (κ2) is 10.6. The molecule has 1 aromatic heterocycles. The lowest BCUT2D eigenvalue weighted by atomic mass is 9.96. The molecule has 4 rings (SSSR count). The van der Waals surface area contributed by atoms with E-state index in [-0.39, 0.29) is 5.91 Å². The molecule has 8 heteroatoms. The van der Waals surface area contributed by atoms with Gasteiger partial charge in [0.25, 0.3) is 5.91 Å². The molecule has 0 saturated carbocycles. The van der Waals surface area contributed by atoms with Crippen LogP contribution in [-0.4, -0.2) is 50.2 Å². The molecule has 2 heterocycles. The lowest BCUT2D eigenvalue weighted by molar-refractivity contribution is 0.0768. The number of nitrogens with zero attached hydrogens (tertiary/aromatic N) is 2. The van der Waals surface area contributed by atoms with E-state index in [0.717, 1.165) is 21.8 Å². The number of thiazole rings is 1. The quantitative estimate of drug-likeness (QED) is 0.453. The summed E-state index contributed by atoms with van der Waals surface area (Å²) in [5.74, 6) is 2.52. The number of carbonyl (C=O) groups excluding carboxylic acids is 1. The summed E-state index contributed by atoms with van der Waals surface area (Å²) < 4.78 is 22.5. The first kappa shape index (κ1) is 23.6. The highest BCUT2D eigenvalue weighted by Gasteiger charge is 2.25. The molecule has 2 aromatic carbocycles. The molecule has 0 N–H and O–H groups in total. The fourth-order valence-electron chi connectivity index (χ4n) is 3.97. The molecule has 1 amide bonds. The third-order valence-electron chi connectivity index (χ3n) is 5.69. The maximum Gasteiger partial charge on any atom is 0.257 e. The minimum Gasteiger partial charge on any atom is -0.496 e. The molecule has 0 atom stereocenters. The molecule has 1 aliphatic rings. The molecule has 0 unspecified atom stereocenters. The van der Waals surface area contributed by atoms with Gasteiger partial charge in [-0.15, -0.1) is 11.3 Å². The van der Waals surface area contributed by atoms with E-state index in [0.29, 0.717) is 54.7 Å². The largest absolute Gasteiger partial charge is 0.496 e. The van der Waals surface area contributed by atoms with Crippen molar-refractivity contribution in [3.63, 3.8) is 0 Å². The summed E-state index contributed by atoms with van der Waals surface area (Å²) in [6.45, 7) is 3.34. The summed E-state index contributed by atoms with van der Waals surface area (Å²) in [6.07, 6.45) is 2.72. The van der Waals surface area contributed by atoms with Crippen LogP contribution in [0.5, 0.6) is 23.0 Å². The SMILES string of the molecule is COc1cc(OC)c(C2=CCN(C(=O)c3ccccc3OCc3csc(C)n3)CC2)c(OC)c1. The Morgan fingerprint density at radius 3 is 2.38 bits per heavy atom. The van der Waals surface area contributed by atoms with Gasteiger partial charge in [-0.1, -0.05) is 18.2 Å². The van der Waals surface area contributed by atoms with Crippen LogP contribution < -0.4 is 18.9 Å². The first-order valence-electron chi connectivity index (χ1n) is 11.0. The average Bonchev–Trinajstić information content (AvgIpc) is 3.31.